The number of hydrogen-bond acceptors (Lipinski definition) is 7. The van der Waals surface area contributed by atoms with Crippen LogP contribution in [-0.4, -0.2) is 21.2 Å². The molecule has 1 aliphatic rings. The van der Waals surface area contributed by atoms with Crippen molar-refractivity contribution in [3.8, 4) is 22.8 Å². The molecule has 4 N–H and O–H groups in total. The van der Waals surface area contributed by atoms with Gasteiger partial charge in [-0.05, 0) is 47.2 Å². The summed E-state index contributed by atoms with van der Waals surface area (Å²) in [5.74, 6) is -0.273. The van der Waals surface area contributed by atoms with E-state index < -0.39 is 11.1 Å². The highest BCUT2D eigenvalue weighted by molar-refractivity contribution is 8.18. The second-order valence-corrected chi connectivity index (χ2v) is 7.53. The zero-order valence-corrected chi connectivity index (χ0v) is 16.5. The number of aromatic nitrogens is 1. The second kappa shape index (κ2) is 8.30. The molecule has 0 spiro atoms. The van der Waals surface area contributed by atoms with E-state index in [-0.39, 0.29) is 23.8 Å². The molecule has 1 fully saturated rings. The smallest absolute Gasteiger partial charge is 0.290 e. The van der Waals surface area contributed by atoms with Gasteiger partial charge in [-0.3, -0.25) is 19.9 Å². The van der Waals surface area contributed by atoms with E-state index in [9.17, 15) is 14.7 Å². The number of nitrogens with two attached hydrogens (primary N) is 1. The predicted octanol–water partition coefficient (Wildman–Crippen LogP) is 3.94. The largest absolute Gasteiger partial charge is 0.503 e. The number of ether oxygens (including phenoxy) is 1. The number of nitrogens with zero attached hydrogens (tertiary/aromatic N) is 1. The number of nitrogens with one attached hydrogen (secondary N) is 1. The van der Waals surface area contributed by atoms with Gasteiger partial charge in [0.25, 0.3) is 11.1 Å². The van der Waals surface area contributed by atoms with Gasteiger partial charge < -0.3 is 15.6 Å². The van der Waals surface area contributed by atoms with Crippen LogP contribution in [0.4, 0.5) is 10.5 Å². The van der Waals surface area contributed by atoms with E-state index in [0.29, 0.717) is 21.7 Å². The molecule has 1 aliphatic heterocycles. The van der Waals surface area contributed by atoms with Crippen LogP contribution < -0.4 is 15.8 Å². The average molecular weight is 419 g/mol. The standard InChI is InChI=1S/C22H17N3O4S/c23-16-9-15(10-18(20(16)26)29-12-13-4-2-1-3-5-13)17-7-6-14(11-24-17)8-19-21(27)25-22(28)30-19/h1-11,26H,12,23H2,(H,25,27,28)/b19-8+. The monoisotopic (exact) mass is 419 g/mol. The number of phenols is 1. The first-order valence-corrected chi connectivity index (χ1v) is 9.82. The molecular formula is C22H17N3O4S. The van der Waals surface area contributed by atoms with Crippen LogP contribution in [0.3, 0.4) is 0 Å². The Balaban J connectivity index is 1.56. The molecule has 0 atom stereocenters. The van der Waals surface area contributed by atoms with E-state index in [1.54, 1.807) is 36.5 Å². The molecule has 0 radical (unpaired) electrons. The van der Waals surface area contributed by atoms with Gasteiger partial charge in [-0.1, -0.05) is 36.4 Å². The number of amides is 2. The van der Waals surface area contributed by atoms with E-state index in [2.05, 4.69) is 10.3 Å². The van der Waals surface area contributed by atoms with Gasteiger partial charge >= 0.3 is 0 Å². The quantitative estimate of drug-likeness (QED) is 0.326. The summed E-state index contributed by atoms with van der Waals surface area (Å²) in [6.45, 7) is 0.287. The lowest BCUT2D eigenvalue weighted by atomic mass is 10.1. The molecule has 4 rings (SSSR count). The number of anilines is 1. The summed E-state index contributed by atoms with van der Waals surface area (Å²) in [7, 11) is 0. The van der Waals surface area contributed by atoms with Crippen LogP contribution in [-0.2, 0) is 11.4 Å². The minimum atomic E-state index is -0.416. The summed E-state index contributed by atoms with van der Waals surface area (Å²) >= 11 is 0.851. The Morgan fingerprint density at radius 1 is 1.13 bits per heavy atom. The Morgan fingerprint density at radius 2 is 1.93 bits per heavy atom. The summed E-state index contributed by atoms with van der Waals surface area (Å²) in [5, 5.41) is 12.1. The molecule has 1 aromatic heterocycles. The maximum Gasteiger partial charge on any atom is 0.290 e. The number of nitrogen functional groups attached to an aromatic ring is 1. The Kier molecular flexibility index (Phi) is 5.40. The van der Waals surface area contributed by atoms with Crippen LogP contribution in [0.1, 0.15) is 11.1 Å². The fourth-order valence-electron chi connectivity index (χ4n) is 2.86. The highest BCUT2D eigenvalue weighted by Crippen LogP contribution is 2.37. The summed E-state index contributed by atoms with van der Waals surface area (Å²) in [6.07, 6.45) is 3.19. The van der Waals surface area contributed by atoms with E-state index in [1.165, 1.54) is 0 Å². The Labute approximate surface area is 176 Å². The number of rotatable bonds is 5. The third kappa shape index (κ3) is 4.28. The van der Waals surface area contributed by atoms with E-state index in [4.69, 9.17) is 10.5 Å². The van der Waals surface area contributed by atoms with Gasteiger partial charge in [0.15, 0.2) is 11.5 Å². The van der Waals surface area contributed by atoms with Crippen molar-refractivity contribution < 1.29 is 19.4 Å². The van der Waals surface area contributed by atoms with Gasteiger partial charge in [0.1, 0.15) is 6.61 Å². The molecular weight excluding hydrogens is 402 g/mol. The van der Waals surface area contributed by atoms with Crippen molar-refractivity contribution in [2.24, 2.45) is 0 Å². The van der Waals surface area contributed by atoms with Crippen LogP contribution in [0, 0.1) is 0 Å². The van der Waals surface area contributed by atoms with Gasteiger partial charge in [0.2, 0.25) is 0 Å². The zero-order valence-electron chi connectivity index (χ0n) is 15.7. The number of thioether (sulfide) groups is 1. The topological polar surface area (TPSA) is 115 Å². The highest BCUT2D eigenvalue weighted by atomic mass is 32.2. The minimum Gasteiger partial charge on any atom is -0.503 e. The lowest BCUT2D eigenvalue weighted by Gasteiger charge is -2.12. The van der Waals surface area contributed by atoms with Crippen LogP contribution in [0.2, 0.25) is 0 Å². The summed E-state index contributed by atoms with van der Waals surface area (Å²) in [4.78, 5) is 27.6. The number of pyridine rings is 1. The number of aromatic hydroxyl groups is 1. The first-order valence-electron chi connectivity index (χ1n) is 9.00. The molecule has 0 saturated carbocycles. The van der Waals surface area contributed by atoms with Gasteiger partial charge in [0, 0.05) is 11.8 Å². The molecule has 0 unspecified atom stereocenters. The molecule has 2 amide bonds. The van der Waals surface area contributed by atoms with Crippen molar-refractivity contribution in [3.05, 3.63) is 76.8 Å². The fraction of sp³-hybridized carbons (Fsp3) is 0.0455. The molecule has 3 aromatic rings. The number of carbonyl (C=O) groups is 2. The summed E-state index contributed by atoms with van der Waals surface area (Å²) in [6, 6.07) is 16.4. The second-order valence-electron chi connectivity index (χ2n) is 6.52. The maximum atomic E-state index is 11.7. The summed E-state index contributed by atoms with van der Waals surface area (Å²) in [5.41, 5.74) is 9.07. The van der Waals surface area contributed by atoms with Crippen LogP contribution >= 0.6 is 11.8 Å². The fourth-order valence-corrected chi connectivity index (χ4v) is 3.54. The van der Waals surface area contributed by atoms with Crippen molar-refractivity contribution in [2.75, 3.05) is 5.73 Å². The normalized spacial score (nSPS) is 14.7. The minimum absolute atomic E-state index is 0.120. The van der Waals surface area contributed by atoms with Gasteiger partial charge in [-0.15, -0.1) is 0 Å². The van der Waals surface area contributed by atoms with Crippen molar-refractivity contribution >= 4 is 34.7 Å². The van der Waals surface area contributed by atoms with Crippen molar-refractivity contribution in [2.45, 2.75) is 6.61 Å². The molecule has 8 heteroatoms. The molecule has 0 bridgehead atoms. The first kappa shape index (κ1) is 19.5. The highest BCUT2D eigenvalue weighted by Gasteiger charge is 2.24. The molecule has 150 valence electrons. The lowest BCUT2D eigenvalue weighted by molar-refractivity contribution is -0.115. The Morgan fingerprint density at radius 3 is 2.60 bits per heavy atom. The Hall–Kier alpha value is -3.78. The number of carbonyl (C=O) groups excluding carboxylic acids is 2. The van der Waals surface area contributed by atoms with Crippen LogP contribution in [0.25, 0.3) is 17.3 Å². The molecule has 2 heterocycles. The summed E-state index contributed by atoms with van der Waals surface area (Å²) < 4.78 is 5.75. The van der Waals surface area contributed by atoms with E-state index in [0.717, 1.165) is 17.3 Å². The predicted molar refractivity (Wildman–Crippen MR) is 116 cm³/mol. The number of phenolic OH excluding ortho intramolecular Hbond substituents is 1. The number of imide groups is 1. The van der Waals surface area contributed by atoms with Gasteiger partial charge in [0.05, 0.1) is 16.3 Å². The number of benzene rings is 2. The van der Waals surface area contributed by atoms with Crippen molar-refractivity contribution in [1.29, 1.82) is 0 Å². The van der Waals surface area contributed by atoms with Gasteiger partial charge in [-0.25, -0.2) is 0 Å². The first-order chi connectivity index (χ1) is 14.5. The maximum absolute atomic E-state index is 11.7. The van der Waals surface area contributed by atoms with Gasteiger partial charge in [-0.2, -0.15) is 0 Å². The van der Waals surface area contributed by atoms with Crippen LogP contribution in [0.5, 0.6) is 11.5 Å². The third-order valence-electron chi connectivity index (χ3n) is 4.36. The van der Waals surface area contributed by atoms with Crippen molar-refractivity contribution in [3.63, 3.8) is 0 Å². The van der Waals surface area contributed by atoms with Crippen LogP contribution in [0.15, 0.2) is 65.7 Å². The Bertz CT molecular complexity index is 1150. The molecule has 7 nitrogen and oxygen atoms in total. The van der Waals surface area contributed by atoms with E-state index >= 15 is 0 Å². The number of hydrogen-bond donors (Lipinski definition) is 3. The zero-order chi connectivity index (χ0) is 21.1. The average Bonchev–Trinajstić information content (AvgIpc) is 3.07. The molecule has 0 aliphatic carbocycles. The van der Waals surface area contributed by atoms with E-state index in [1.807, 2.05) is 30.3 Å². The third-order valence-corrected chi connectivity index (χ3v) is 5.17. The molecule has 1 saturated heterocycles. The van der Waals surface area contributed by atoms with Crippen molar-refractivity contribution in [1.82, 2.24) is 10.3 Å². The molecule has 30 heavy (non-hydrogen) atoms. The molecule has 2 aromatic carbocycles. The SMILES string of the molecule is Nc1cc(-c2ccc(/C=C3/SC(=O)NC3=O)cn2)cc(OCc2ccccc2)c1O. The lowest BCUT2D eigenvalue weighted by Crippen LogP contribution is -2.17.